The van der Waals surface area contributed by atoms with Crippen LogP contribution in [0.2, 0.25) is 0 Å². The van der Waals surface area contributed by atoms with E-state index >= 15 is 0 Å². The summed E-state index contributed by atoms with van der Waals surface area (Å²) in [5, 5.41) is 2.71. The van der Waals surface area contributed by atoms with Gasteiger partial charge in [0.15, 0.2) is 0 Å². The number of ether oxygens (including phenoxy) is 1. The van der Waals surface area contributed by atoms with Crippen LogP contribution in [-0.4, -0.2) is 10.5 Å². The van der Waals surface area contributed by atoms with Crippen molar-refractivity contribution in [3.05, 3.63) is 91.8 Å². The molecule has 0 saturated carbocycles. The Labute approximate surface area is 180 Å². The van der Waals surface area contributed by atoms with Crippen LogP contribution in [0.4, 0.5) is 14.5 Å². The Bertz CT molecular complexity index is 1160. The lowest BCUT2D eigenvalue weighted by Crippen LogP contribution is -2.24. The molecule has 1 aromatic heterocycles. The number of carbonyl (C=O) groups is 1. The highest BCUT2D eigenvalue weighted by Crippen LogP contribution is 2.24. The van der Waals surface area contributed by atoms with Crippen LogP contribution < -0.4 is 15.6 Å². The lowest BCUT2D eigenvalue weighted by atomic mass is 10.2. The fraction of sp³-hybridized carbons (Fsp3) is 0.182. The topological polar surface area (TPSA) is 60.3 Å². The van der Waals surface area contributed by atoms with Crippen molar-refractivity contribution in [1.82, 2.24) is 4.57 Å². The fourth-order valence-electron chi connectivity index (χ4n) is 2.94. The van der Waals surface area contributed by atoms with Crippen LogP contribution >= 0.6 is 15.9 Å². The smallest absolute Gasteiger partial charge is 0.269 e. The summed E-state index contributed by atoms with van der Waals surface area (Å²) in [6, 6.07) is 12.1. The van der Waals surface area contributed by atoms with Crippen LogP contribution in [0.1, 0.15) is 23.7 Å². The van der Waals surface area contributed by atoms with E-state index in [2.05, 4.69) is 21.2 Å². The molecule has 0 radical (unpaired) electrons. The van der Waals surface area contributed by atoms with Crippen LogP contribution in [0.15, 0.2) is 57.8 Å². The molecule has 156 valence electrons. The number of halogens is 3. The Hall–Kier alpha value is -3.00. The maximum atomic E-state index is 13.8. The molecule has 0 saturated heterocycles. The maximum absolute atomic E-state index is 13.8. The summed E-state index contributed by atoms with van der Waals surface area (Å²) in [4.78, 5) is 24.1. The van der Waals surface area contributed by atoms with E-state index in [1.807, 2.05) is 6.07 Å². The zero-order valence-corrected chi connectivity index (χ0v) is 17.9. The lowest BCUT2D eigenvalue weighted by molar-refractivity contribution is -0.114. The van der Waals surface area contributed by atoms with Gasteiger partial charge in [-0.1, -0.05) is 12.1 Å². The van der Waals surface area contributed by atoms with E-state index in [4.69, 9.17) is 4.74 Å². The van der Waals surface area contributed by atoms with Crippen molar-refractivity contribution in [3.63, 3.8) is 0 Å². The Morgan fingerprint density at radius 3 is 2.63 bits per heavy atom. The molecule has 8 heteroatoms. The molecular formula is C22H19BrF2N2O3. The number of hydrogen-bond acceptors (Lipinski definition) is 3. The minimum absolute atomic E-state index is 0.146. The Morgan fingerprint density at radius 2 is 1.93 bits per heavy atom. The zero-order chi connectivity index (χ0) is 21.8. The van der Waals surface area contributed by atoms with Crippen molar-refractivity contribution >= 4 is 27.5 Å². The largest absolute Gasteiger partial charge is 0.487 e. The zero-order valence-electron chi connectivity index (χ0n) is 16.3. The van der Waals surface area contributed by atoms with Crippen molar-refractivity contribution < 1.29 is 18.3 Å². The van der Waals surface area contributed by atoms with Gasteiger partial charge in [-0.3, -0.25) is 9.59 Å². The van der Waals surface area contributed by atoms with Crippen LogP contribution in [0.25, 0.3) is 0 Å². The molecule has 0 aliphatic rings. The summed E-state index contributed by atoms with van der Waals surface area (Å²) < 4.78 is 34.2. The minimum Gasteiger partial charge on any atom is -0.487 e. The average Bonchev–Trinajstić information content (AvgIpc) is 2.68. The first-order valence-corrected chi connectivity index (χ1v) is 9.87. The van der Waals surface area contributed by atoms with E-state index in [0.29, 0.717) is 17.9 Å². The Kier molecular flexibility index (Phi) is 6.66. The van der Waals surface area contributed by atoms with Gasteiger partial charge in [0.2, 0.25) is 5.91 Å². The Balaban J connectivity index is 1.82. The predicted octanol–water partition coefficient (Wildman–Crippen LogP) is 4.78. The molecule has 1 N–H and O–H groups in total. The molecule has 30 heavy (non-hydrogen) atoms. The van der Waals surface area contributed by atoms with Crippen LogP contribution in [0.3, 0.4) is 0 Å². The summed E-state index contributed by atoms with van der Waals surface area (Å²) in [6.45, 7) is 3.34. The van der Waals surface area contributed by atoms with Crippen LogP contribution in [0.5, 0.6) is 5.75 Å². The second kappa shape index (κ2) is 9.21. The Morgan fingerprint density at radius 1 is 1.17 bits per heavy atom. The standard InChI is InChI=1S/C22H19BrF2N2O3/c1-13-8-20(30-12-16-6-7-17(24)10-19(16)25)21(23)22(29)27(13)11-15-4-3-5-18(9-15)26-14(2)28/h3-10H,11-12H2,1-2H3,(H,26,28). The van der Waals surface area contributed by atoms with E-state index in [1.54, 1.807) is 35.8 Å². The first kappa shape index (κ1) is 21.7. The van der Waals surface area contributed by atoms with Gasteiger partial charge in [-0.25, -0.2) is 8.78 Å². The molecule has 2 aromatic carbocycles. The van der Waals surface area contributed by atoms with Crippen molar-refractivity contribution in [1.29, 1.82) is 0 Å². The van der Waals surface area contributed by atoms with E-state index < -0.39 is 11.6 Å². The minimum atomic E-state index is -0.713. The third kappa shape index (κ3) is 5.13. The highest BCUT2D eigenvalue weighted by molar-refractivity contribution is 9.10. The number of anilines is 1. The number of carbonyl (C=O) groups excluding carboxylic acids is 1. The van der Waals surface area contributed by atoms with Crippen molar-refractivity contribution in [2.75, 3.05) is 5.32 Å². The quantitative estimate of drug-likeness (QED) is 0.556. The molecule has 5 nitrogen and oxygen atoms in total. The fourth-order valence-corrected chi connectivity index (χ4v) is 3.39. The van der Waals surface area contributed by atoms with Crippen molar-refractivity contribution in [2.24, 2.45) is 0 Å². The van der Waals surface area contributed by atoms with Gasteiger partial charge in [0, 0.05) is 36.0 Å². The second-order valence-corrected chi connectivity index (χ2v) is 7.55. The molecule has 0 aliphatic carbocycles. The summed E-state index contributed by atoms with van der Waals surface area (Å²) in [5.74, 6) is -1.29. The number of pyridine rings is 1. The molecule has 1 heterocycles. The third-order valence-electron chi connectivity index (χ3n) is 4.40. The lowest BCUT2D eigenvalue weighted by Gasteiger charge is -2.15. The molecule has 0 fully saturated rings. The number of nitrogens with zero attached hydrogens (tertiary/aromatic N) is 1. The SMILES string of the molecule is CC(=O)Nc1cccc(Cn2c(C)cc(OCc3ccc(F)cc3F)c(Br)c2=O)c1. The van der Waals surface area contributed by atoms with Gasteiger partial charge in [-0.15, -0.1) is 0 Å². The van der Waals surface area contributed by atoms with Gasteiger partial charge < -0.3 is 14.6 Å². The molecule has 0 bridgehead atoms. The predicted molar refractivity (Wildman–Crippen MR) is 114 cm³/mol. The van der Waals surface area contributed by atoms with E-state index in [1.165, 1.54) is 13.0 Å². The number of aryl methyl sites for hydroxylation is 1. The summed E-state index contributed by atoms with van der Waals surface area (Å²) in [5.41, 5.74) is 1.99. The normalized spacial score (nSPS) is 10.7. The van der Waals surface area contributed by atoms with Gasteiger partial charge in [0.1, 0.15) is 28.5 Å². The van der Waals surface area contributed by atoms with Gasteiger partial charge in [-0.05, 0) is 52.7 Å². The van der Waals surface area contributed by atoms with E-state index in [9.17, 15) is 18.4 Å². The average molecular weight is 477 g/mol. The third-order valence-corrected chi connectivity index (χ3v) is 5.13. The summed E-state index contributed by atoms with van der Waals surface area (Å²) in [6.07, 6.45) is 0. The number of hydrogen-bond donors (Lipinski definition) is 1. The van der Waals surface area contributed by atoms with Gasteiger partial charge >= 0.3 is 0 Å². The first-order chi connectivity index (χ1) is 14.2. The molecule has 0 spiro atoms. The number of rotatable bonds is 6. The highest BCUT2D eigenvalue weighted by Gasteiger charge is 2.14. The number of amides is 1. The van der Waals surface area contributed by atoms with E-state index in [-0.39, 0.29) is 33.9 Å². The van der Waals surface area contributed by atoms with Crippen LogP contribution in [-0.2, 0) is 17.9 Å². The van der Waals surface area contributed by atoms with Crippen molar-refractivity contribution in [3.8, 4) is 5.75 Å². The first-order valence-electron chi connectivity index (χ1n) is 9.08. The molecule has 0 atom stereocenters. The molecule has 0 aliphatic heterocycles. The van der Waals surface area contributed by atoms with Gasteiger partial charge in [0.05, 0.1) is 6.54 Å². The molecule has 3 rings (SSSR count). The van der Waals surface area contributed by atoms with Gasteiger partial charge in [-0.2, -0.15) is 0 Å². The number of nitrogens with one attached hydrogen (secondary N) is 1. The molecule has 0 unspecified atom stereocenters. The highest BCUT2D eigenvalue weighted by atomic mass is 79.9. The summed E-state index contributed by atoms with van der Waals surface area (Å²) >= 11 is 3.26. The van der Waals surface area contributed by atoms with Crippen LogP contribution in [0, 0.1) is 18.6 Å². The number of benzene rings is 2. The van der Waals surface area contributed by atoms with Crippen molar-refractivity contribution in [2.45, 2.75) is 27.0 Å². The van der Waals surface area contributed by atoms with Gasteiger partial charge in [0.25, 0.3) is 5.56 Å². The second-order valence-electron chi connectivity index (χ2n) is 6.76. The monoisotopic (exact) mass is 476 g/mol. The van der Waals surface area contributed by atoms with E-state index in [0.717, 1.165) is 17.7 Å². The number of aromatic nitrogens is 1. The molecule has 3 aromatic rings. The molecule has 1 amide bonds. The maximum Gasteiger partial charge on any atom is 0.269 e. The summed E-state index contributed by atoms with van der Waals surface area (Å²) in [7, 11) is 0. The molecular weight excluding hydrogens is 458 g/mol.